The van der Waals surface area contributed by atoms with Crippen molar-refractivity contribution < 1.29 is 0 Å². The average Bonchev–Trinajstić information content (AvgIpc) is 2.48. The minimum Gasteiger partial charge on any atom is -0.358 e. The molecule has 0 spiro atoms. The molecule has 0 fully saturated rings. The fourth-order valence-electron chi connectivity index (χ4n) is 0.567. The van der Waals surface area contributed by atoms with Gasteiger partial charge in [0.2, 0.25) is 0 Å². The third kappa shape index (κ3) is 2.06. The molecule has 0 aliphatic carbocycles. The van der Waals surface area contributed by atoms with E-state index in [0.29, 0.717) is 11.4 Å². The molecule has 0 aromatic carbocycles. The zero-order valence-corrected chi connectivity index (χ0v) is 6.69. The molecule has 1 heterocycles. The molecule has 3 nitrogen and oxygen atoms in total. The predicted octanol–water partition coefficient (Wildman–Crippen LogP) is 1.61. The Labute approximate surface area is 69.0 Å². The van der Waals surface area contributed by atoms with E-state index in [0.717, 1.165) is 5.13 Å². The number of nitrogens with zero attached hydrogens (tertiary/aromatic N) is 2. The van der Waals surface area contributed by atoms with Gasteiger partial charge in [0.25, 0.3) is 0 Å². The quantitative estimate of drug-likeness (QED) is 0.692. The van der Waals surface area contributed by atoms with Gasteiger partial charge < -0.3 is 5.32 Å². The lowest BCUT2D eigenvalue weighted by molar-refractivity contribution is 1.28. The first-order valence-corrected chi connectivity index (χ1v) is 3.89. The highest BCUT2D eigenvalue weighted by atomic mass is 32.1. The first kappa shape index (κ1) is 7.76. The number of rotatable bonds is 3. The molecule has 11 heavy (non-hydrogen) atoms. The molecule has 0 radical (unpaired) electrons. The van der Waals surface area contributed by atoms with E-state index in [1.54, 1.807) is 12.3 Å². The van der Waals surface area contributed by atoms with Gasteiger partial charge in [-0.2, -0.15) is 5.26 Å². The van der Waals surface area contributed by atoms with Crippen LogP contribution in [0, 0.1) is 11.3 Å². The van der Waals surface area contributed by atoms with Crippen LogP contribution < -0.4 is 5.32 Å². The summed E-state index contributed by atoms with van der Waals surface area (Å²) in [6, 6.07) is 2.01. The molecule has 1 aromatic rings. The molecular weight excluding hydrogens is 158 g/mol. The maximum absolute atomic E-state index is 8.45. The molecule has 0 bridgehead atoms. The summed E-state index contributed by atoms with van der Waals surface area (Å²) in [7, 11) is 0. The number of anilines is 1. The highest BCUT2D eigenvalue weighted by Crippen LogP contribution is 2.15. The summed E-state index contributed by atoms with van der Waals surface area (Å²) < 4.78 is 0. The van der Waals surface area contributed by atoms with Gasteiger partial charge in [-0.05, 0) is 0 Å². The SMILES string of the molecule is C=CCNc1ncc(C#N)s1. The van der Waals surface area contributed by atoms with E-state index in [2.05, 4.69) is 16.9 Å². The Bertz CT molecular complexity index is 284. The number of aromatic nitrogens is 1. The van der Waals surface area contributed by atoms with Gasteiger partial charge in [0, 0.05) is 6.54 Å². The number of hydrogen-bond donors (Lipinski definition) is 1. The van der Waals surface area contributed by atoms with Crippen LogP contribution in [0.2, 0.25) is 0 Å². The second-order valence-corrected chi connectivity index (χ2v) is 2.84. The molecule has 1 rings (SSSR count). The van der Waals surface area contributed by atoms with E-state index >= 15 is 0 Å². The van der Waals surface area contributed by atoms with Crippen LogP contribution in [0.25, 0.3) is 0 Å². The molecule has 0 saturated heterocycles. The molecule has 56 valence electrons. The number of hydrogen-bond acceptors (Lipinski definition) is 4. The molecule has 0 amide bonds. The van der Waals surface area contributed by atoms with Crippen LogP contribution in [0.5, 0.6) is 0 Å². The molecule has 1 N–H and O–H groups in total. The lowest BCUT2D eigenvalue weighted by Crippen LogP contribution is -1.95. The van der Waals surface area contributed by atoms with Crippen molar-refractivity contribution in [3.63, 3.8) is 0 Å². The molecule has 0 unspecified atom stereocenters. The van der Waals surface area contributed by atoms with Crippen LogP contribution in [-0.2, 0) is 0 Å². The van der Waals surface area contributed by atoms with Gasteiger partial charge in [-0.3, -0.25) is 0 Å². The Kier molecular flexibility index (Phi) is 2.64. The molecular formula is C7H7N3S. The molecule has 1 aromatic heterocycles. The van der Waals surface area contributed by atoms with E-state index in [1.165, 1.54) is 11.3 Å². The van der Waals surface area contributed by atoms with E-state index in [-0.39, 0.29) is 0 Å². The maximum atomic E-state index is 8.45. The standard InChI is InChI=1S/C7H7N3S/c1-2-3-9-7-10-5-6(4-8)11-7/h2,5H,1,3H2,(H,9,10). The normalized spacial score (nSPS) is 8.64. The highest BCUT2D eigenvalue weighted by Gasteiger charge is 1.97. The van der Waals surface area contributed by atoms with Gasteiger partial charge in [-0.25, -0.2) is 4.98 Å². The monoisotopic (exact) mass is 165 g/mol. The Balaban J connectivity index is 2.59. The third-order valence-corrected chi connectivity index (χ3v) is 1.87. The van der Waals surface area contributed by atoms with E-state index in [4.69, 9.17) is 5.26 Å². The maximum Gasteiger partial charge on any atom is 0.184 e. The van der Waals surface area contributed by atoms with Gasteiger partial charge >= 0.3 is 0 Å². The Hall–Kier alpha value is -1.34. The van der Waals surface area contributed by atoms with Crippen LogP contribution in [0.15, 0.2) is 18.9 Å². The fraction of sp³-hybridized carbons (Fsp3) is 0.143. The van der Waals surface area contributed by atoms with Crippen LogP contribution in [0.1, 0.15) is 4.88 Å². The van der Waals surface area contributed by atoms with E-state index < -0.39 is 0 Å². The van der Waals surface area contributed by atoms with Crippen LogP contribution in [0.3, 0.4) is 0 Å². The topological polar surface area (TPSA) is 48.7 Å². The summed E-state index contributed by atoms with van der Waals surface area (Å²) in [5, 5.41) is 12.2. The fourth-order valence-corrected chi connectivity index (χ4v) is 1.19. The summed E-state index contributed by atoms with van der Waals surface area (Å²) in [5.41, 5.74) is 0. The zero-order chi connectivity index (χ0) is 8.10. The summed E-state index contributed by atoms with van der Waals surface area (Å²) in [6.45, 7) is 4.23. The first-order chi connectivity index (χ1) is 5.36. The average molecular weight is 165 g/mol. The smallest absolute Gasteiger partial charge is 0.184 e. The second kappa shape index (κ2) is 3.74. The number of thiazole rings is 1. The van der Waals surface area contributed by atoms with Crippen LogP contribution >= 0.6 is 11.3 Å². The molecule has 0 aliphatic heterocycles. The summed E-state index contributed by atoms with van der Waals surface area (Å²) in [6.07, 6.45) is 3.30. The second-order valence-electron chi connectivity index (χ2n) is 1.81. The Morgan fingerprint density at radius 2 is 2.73 bits per heavy atom. The van der Waals surface area contributed by atoms with Gasteiger partial charge in [0.1, 0.15) is 10.9 Å². The largest absolute Gasteiger partial charge is 0.358 e. The lowest BCUT2D eigenvalue weighted by Gasteiger charge is -1.93. The van der Waals surface area contributed by atoms with Crippen molar-refractivity contribution in [2.75, 3.05) is 11.9 Å². The Morgan fingerprint density at radius 3 is 3.27 bits per heavy atom. The van der Waals surface area contributed by atoms with E-state index in [1.807, 2.05) is 6.07 Å². The van der Waals surface area contributed by atoms with Crippen LogP contribution in [0.4, 0.5) is 5.13 Å². The van der Waals surface area contributed by atoms with Crippen molar-refractivity contribution in [1.82, 2.24) is 4.98 Å². The summed E-state index contributed by atoms with van der Waals surface area (Å²) in [5.74, 6) is 0. The Morgan fingerprint density at radius 1 is 1.91 bits per heavy atom. The van der Waals surface area contributed by atoms with Gasteiger partial charge in [0.05, 0.1) is 6.20 Å². The van der Waals surface area contributed by atoms with Crippen molar-refractivity contribution in [2.45, 2.75) is 0 Å². The molecule has 4 heteroatoms. The van der Waals surface area contributed by atoms with Gasteiger partial charge in [-0.1, -0.05) is 17.4 Å². The summed E-state index contributed by atoms with van der Waals surface area (Å²) in [4.78, 5) is 4.58. The molecule has 0 saturated carbocycles. The minimum absolute atomic E-state index is 0.622. The zero-order valence-electron chi connectivity index (χ0n) is 5.87. The lowest BCUT2D eigenvalue weighted by atomic mass is 10.6. The number of nitriles is 1. The predicted molar refractivity (Wildman–Crippen MR) is 45.5 cm³/mol. The van der Waals surface area contributed by atoms with Gasteiger partial charge in [-0.15, -0.1) is 6.58 Å². The minimum atomic E-state index is 0.622. The first-order valence-electron chi connectivity index (χ1n) is 3.07. The van der Waals surface area contributed by atoms with Crippen LogP contribution in [-0.4, -0.2) is 11.5 Å². The number of nitrogens with one attached hydrogen (secondary N) is 1. The van der Waals surface area contributed by atoms with Gasteiger partial charge in [0.15, 0.2) is 5.13 Å². The highest BCUT2D eigenvalue weighted by molar-refractivity contribution is 7.16. The third-order valence-electron chi connectivity index (χ3n) is 1.01. The van der Waals surface area contributed by atoms with Crippen molar-refractivity contribution in [1.29, 1.82) is 5.26 Å². The van der Waals surface area contributed by atoms with Crippen molar-refractivity contribution in [3.8, 4) is 6.07 Å². The van der Waals surface area contributed by atoms with Crippen molar-refractivity contribution in [2.24, 2.45) is 0 Å². The van der Waals surface area contributed by atoms with E-state index in [9.17, 15) is 0 Å². The summed E-state index contributed by atoms with van der Waals surface area (Å²) >= 11 is 1.34. The molecule has 0 atom stereocenters. The van der Waals surface area contributed by atoms with Crippen molar-refractivity contribution >= 4 is 16.5 Å². The molecule has 0 aliphatic rings. The van der Waals surface area contributed by atoms with Crippen molar-refractivity contribution in [3.05, 3.63) is 23.7 Å².